The van der Waals surface area contributed by atoms with Crippen LogP contribution in [0.2, 0.25) is 0 Å². The first kappa shape index (κ1) is 20.4. The highest BCUT2D eigenvalue weighted by Crippen LogP contribution is 2.26. The van der Waals surface area contributed by atoms with Crippen molar-refractivity contribution in [2.24, 2.45) is 7.05 Å². The van der Waals surface area contributed by atoms with Crippen molar-refractivity contribution in [3.63, 3.8) is 0 Å². The number of urea groups is 1. The van der Waals surface area contributed by atoms with Gasteiger partial charge in [-0.1, -0.05) is 12.1 Å². The van der Waals surface area contributed by atoms with E-state index in [1.165, 1.54) is 0 Å². The van der Waals surface area contributed by atoms with E-state index in [1.807, 2.05) is 47.3 Å². The Hall–Kier alpha value is -3.89. The van der Waals surface area contributed by atoms with Crippen LogP contribution in [0.4, 0.5) is 23.7 Å². The van der Waals surface area contributed by atoms with Crippen molar-refractivity contribution in [3.05, 3.63) is 54.6 Å². The maximum atomic E-state index is 12.3. The summed E-state index contributed by atoms with van der Waals surface area (Å²) < 4.78 is 40.5. The third-order valence-corrected chi connectivity index (χ3v) is 4.73. The first-order valence-corrected chi connectivity index (χ1v) is 9.27. The number of imidazole rings is 1. The molecule has 8 nitrogen and oxygen atoms in total. The molecule has 0 radical (unpaired) electrons. The largest absolute Gasteiger partial charge is 0.405 e. The number of nitrogens with one attached hydrogen (secondary N) is 2. The minimum absolute atomic E-state index is 0.360. The van der Waals surface area contributed by atoms with Crippen LogP contribution in [0.1, 0.15) is 5.82 Å². The number of hydrogen-bond acceptors (Lipinski definition) is 4. The zero-order chi connectivity index (χ0) is 22.2. The summed E-state index contributed by atoms with van der Waals surface area (Å²) in [6, 6.07) is 9.63. The van der Waals surface area contributed by atoms with Crippen molar-refractivity contribution in [2.45, 2.75) is 13.1 Å². The first-order valence-electron chi connectivity index (χ1n) is 9.27. The fourth-order valence-electron chi connectivity index (χ4n) is 3.10. The van der Waals surface area contributed by atoms with Crippen molar-refractivity contribution >= 4 is 17.4 Å². The molecule has 31 heavy (non-hydrogen) atoms. The summed E-state index contributed by atoms with van der Waals surface area (Å²) in [5.74, 6) is 1.52. The molecule has 4 rings (SSSR count). The van der Waals surface area contributed by atoms with Crippen LogP contribution < -0.4 is 10.6 Å². The lowest BCUT2D eigenvalue weighted by atomic mass is 10.1. The van der Waals surface area contributed by atoms with Gasteiger partial charge in [-0.05, 0) is 31.2 Å². The van der Waals surface area contributed by atoms with E-state index in [0.717, 1.165) is 28.5 Å². The summed E-state index contributed by atoms with van der Waals surface area (Å²) in [6.07, 6.45) is -0.935. The number of pyridine rings is 1. The van der Waals surface area contributed by atoms with E-state index in [1.54, 1.807) is 29.7 Å². The average molecular weight is 429 g/mol. The quantitative estimate of drug-likeness (QED) is 0.517. The van der Waals surface area contributed by atoms with Crippen LogP contribution >= 0.6 is 0 Å². The minimum atomic E-state index is -4.47. The predicted molar refractivity (Wildman–Crippen MR) is 108 cm³/mol. The molecule has 0 saturated heterocycles. The molecule has 0 bridgehead atoms. The number of benzene rings is 1. The lowest BCUT2D eigenvalue weighted by molar-refractivity contribution is -0.122. The van der Waals surface area contributed by atoms with Gasteiger partial charge < -0.3 is 15.2 Å². The van der Waals surface area contributed by atoms with E-state index in [9.17, 15) is 18.0 Å². The Morgan fingerprint density at radius 3 is 2.65 bits per heavy atom. The maximum absolute atomic E-state index is 12.3. The van der Waals surface area contributed by atoms with Gasteiger partial charge >= 0.3 is 12.2 Å². The van der Waals surface area contributed by atoms with Crippen molar-refractivity contribution in [3.8, 4) is 22.6 Å². The highest BCUT2D eigenvalue weighted by Gasteiger charge is 2.27. The molecule has 0 aliphatic carbocycles. The summed E-state index contributed by atoms with van der Waals surface area (Å²) >= 11 is 0. The van der Waals surface area contributed by atoms with Crippen molar-refractivity contribution < 1.29 is 18.0 Å². The first-order chi connectivity index (χ1) is 14.7. The average Bonchev–Trinajstić information content (AvgIpc) is 3.29. The summed E-state index contributed by atoms with van der Waals surface area (Å²) in [5, 5.41) is 12.4. The summed E-state index contributed by atoms with van der Waals surface area (Å²) in [4.78, 5) is 16.2. The zero-order valence-electron chi connectivity index (χ0n) is 16.6. The number of anilines is 1. The standard InChI is InChI=1S/C20H18F3N7O/c1-12-27-28-18(29(12)2)14-6-7-30-16(10-24-17(30)9-14)13-4-3-5-15(8-13)26-19(31)25-11-20(21,22)23/h3-10H,11H2,1-2H3,(H2,25,26,31). The van der Waals surface area contributed by atoms with E-state index >= 15 is 0 Å². The second kappa shape index (κ2) is 7.74. The highest BCUT2D eigenvalue weighted by atomic mass is 19.4. The number of carbonyl (C=O) groups excluding carboxylic acids is 1. The number of amides is 2. The second-order valence-corrected chi connectivity index (χ2v) is 6.92. The van der Waals surface area contributed by atoms with Gasteiger partial charge in [0.05, 0.1) is 11.9 Å². The molecule has 0 unspecified atom stereocenters. The van der Waals surface area contributed by atoms with Gasteiger partial charge in [-0.25, -0.2) is 9.78 Å². The Kier molecular flexibility index (Phi) is 5.09. The van der Waals surface area contributed by atoms with Crippen LogP contribution in [0.15, 0.2) is 48.8 Å². The number of aryl methyl sites for hydroxylation is 1. The number of fused-ring (bicyclic) bond motifs is 1. The summed E-state index contributed by atoms with van der Waals surface area (Å²) in [7, 11) is 1.88. The zero-order valence-corrected chi connectivity index (χ0v) is 16.6. The Balaban J connectivity index is 1.58. The molecule has 160 valence electrons. The Bertz CT molecular complexity index is 1260. The smallest absolute Gasteiger partial charge is 0.329 e. The molecule has 3 heterocycles. The van der Waals surface area contributed by atoms with E-state index in [2.05, 4.69) is 20.5 Å². The van der Waals surface area contributed by atoms with Crippen LogP contribution in [-0.4, -0.2) is 42.9 Å². The van der Waals surface area contributed by atoms with E-state index in [4.69, 9.17) is 0 Å². The fourth-order valence-corrected chi connectivity index (χ4v) is 3.10. The van der Waals surface area contributed by atoms with E-state index in [0.29, 0.717) is 11.3 Å². The minimum Gasteiger partial charge on any atom is -0.329 e. The van der Waals surface area contributed by atoms with Gasteiger partial charge in [0.15, 0.2) is 5.82 Å². The molecular formula is C20H18F3N7O. The normalized spacial score (nSPS) is 11.6. The summed E-state index contributed by atoms with van der Waals surface area (Å²) in [6.45, 7) is 0.465. The van der Waals surface area contributed by atoms with Gasteiger partial charge in [0.1, 0.15) is 18.0 Å². The number of alkyl halides is 3. The van der Waals surface area contributed by atoms with Gasteiger partial charge in [-0.2, -0.15) is 13.2 Å². The molecule has 1 aromatic carbocycles. The molecule has 11 heteroatoms. The third-order valence-electron chi connectivity index (χ3n) is 4.73. The Labute approximate surface area is 174 Å². The summed E-state index contributed by atoms with van der Waals surface area (Å²) in [5.41, 5.74) is 3.41. The van der Waals surface area contributed by atoms with Gasteiger partial charge in [-0.15, -0.1) is 10.2 Å². The highest BCUT2D eigenvalue weighted by molar-refractivity contribution is 5.90. The van der Waals surface area contributed by atoms with Crippen LogP contribution in [0.5, 0.6) is 0 Å². The monoisotopic (exact) mass is 429 g/mol. The van der Waals surface area contributed by atoms with Crippen molar-refractivity contribution in [2.75, 3.05) is 11.9 Å². The maximum Gasteiger partial charge on any atom is 0.405 e. The van der Waals surface area contributed by atoms with Crippen LogP contribution in [0.3, 0.4) is 0 Å². The molecular weight excluding hydrogens is 411 g/mol. The molecule has 0 aliphatic rings. The number of aromatic nitrogens is 5. The molecule has 0 saturated carbocycles. The van der Waals surface area contributed by atoms with E-state index in [-0.39, 0.29) is 0 Å². The Morgan fingerprint density at radius 2 is 1.94 bits per heavy atom. The van der Waals surface area contributed by atoms with Crippen molar-refractivity contribution in [1.29, 1.82) is 0 Å². The van der Waals surface area contributed by atoms with Gasteiger partial charge in [0, 0.05) is 30.1 Å². The van der Waals surface area contributed by atoms with Gasteiger partial charge in [0.2, 0.25) is 0 Å². The molecule has 4 aromatic rings. The van der Waals surface area contributed by atoms with Crippen molar-refractivity contribution in [1.82, 2.24) is 29.5 Å². The lowest BCUT2D eigenvalue weighted by Crippen LogP contribution is -2.36. The number of carbonyl (C=O) groups is 1. The molecule has 3 aromatic heterocycles. The lowest BCUT2D eigenvalue weighted by Gasteiger charge is -2.11. The van der Waals surface area contributed by atoms with Gasteiger partial charge in [-0.3, -0.25) is 4.40 Å². The topological polar surface area (TPSA) is 89.1 Å². The van der Waals surface area contributed by atoms with E-state index < -0.39 is 18.8 Å². The van der Waals surface area contributed by atoms with Crippen LogP contribution in [-0.2, 0) is 7.05 Å². The SMILES string of the molecule is Cc1nnc(-c2ccn3c(-c4cccc(NC(=O)NCC(F)(F)F)c4)cnc3c2)n1C. The third kappa shape index (κ3) is 4.34. The second-order valence-electron chi connectivity index (χ2n) is 6.92. The predicted octanol–water partition coefficient (Wildman–Crippen LogP) is 3.79. The number of hydrogen-bond donors (Lipinski definition) is 2. The molecule has 2 amide bonds. The number of halogens is 3. The van der Waals surface area contributed by atoms with Crippen LogP contribution in [0, 0.1) is 6.92 Å². The molecule has 2 N–H and O–H groups in total. The molecule has 0 fully saturated rings. The number of nitrogens with zero attached hydrogens (tertiary/aromatic N) is 5. The number of rotatable bonds is 4. The fraction of sp³-hybridized carbons (Fsp3) is 0.200. The van der Waals surface area contributed by atoms with Gasteiger partial charge in [0.25, 0.3) is 0 Å². The molecule has 0 aliphatic heterocycles. The molecule has 0 atom stereocenters. The Morgan fingerprint density at radius 1 is 1.13 bits per heavy atom. The molecule has 0 spiro atoms. The van der Waals surface area contributed by atoms with Crippen LogP contribution in [0.25, 0.3) is 28.3 Å².